The predicted octanol–water partition coefficient (Wildman–Crippen LogP) is 3.66. The van der Waals surface area contributed by atoms with Crippen molar-refractivity contribution in [2.24, 2.45) is 5.41 Å². The van der Waals surface area contributed by atoms with Crippen LogP contribution in [-0.2, 0) is 0 Å². The Balaban J connectivity index is 1.80. The van der Waals surface area contributed by atoms with E-state index in [1.54, 1.807) is 19.2 Å². The number of benzene rings is 1. The SMILES string of the molecule is CNC(=O)c1cc(Oc2ccc3nc(N[C@@H](CO)C(C)(C)C)sc3c2)ccn1. The number of carbonyl (C=O) groups is 1. The minimum Gasteiger partial charge on any atom is -0.457 e. The monoisotopic (exact) mass is 400 g/mol. The maximum Gasteiger partial charge on any atom is 0.269 e. The number of thiazole rings is 1. The molecule has 0 aliphatic rings. The smallest absolute Gasteiger partial charge is 0.269 e. The van der Waals surface area contributed by atoms with Crippen LogP contribution in [-0.4, -0.2) is 40.7 Å². The highest BCUT2D eigenvalue weighted by Gasteiger charge is 2.24. The molecule has 0 saturated heterocycles. The maximum absolute atomic E-state index is 11.7. The third kappa shape index (κ3) is 4.58. The summed E-state index contributed by atoms with van der Waals surface area (Å²) in [5.74, 6) is 0.909. The van der Waals surface area contributed by atoms with E-state index in [0.717, 1.165) is 15.3 Å². The van der Waals surface area contributed by atoms with Crippen LogP contribution in [0.15, 0.2) is 36.5 Å². The van der Waals surface area contributed by atoms with E-state index < -0.39 is 0 Å². The molecule has 1 aromatic carbocycles. The average Bonchev–Trinajstić information content (AvgIpc) is 3.06. The van der Waals surface area contributed by atoms with E-state index in [-0.39, 0.29) is 24.0 Å². The quantitative estimate of drug-likeness (QED) is 0.584. The van der Waals surface area contributed by atoms with Crippen molar-refractivity contribution in [1.29, 1.82) is 0 Å². The summed E-state index contributed by atoms with van der Waals surface area (Å²) in [5, 5.41) is 16.3. The molecule has 148 valence electrons. The topological polar surface area (TPSA) is 96.4 Å². The molecule has 0 radical (unpaired) electrons. The number of aliphatic hydroxyl groups is 1. The Hall–Kier alpha value is -2.71. The maximum atomic E-state index is 11.7. The fraction of sp³-hybridized carbons (Fsp3) is 0.350. The fourth-order valence-corrected chi connectivity index (χ4v) is 3.53. The third-order valence-electron chi connectivity index (χ3n) is 4.31. The van der Waals surface area contributed by atoms with Gasteiger partial charge in [-0.25, -0.2) is 4.98 Å². The van der Waals surface area contributed by atoms with Crippen LogP contribution < -0.4 is 15.4 Å². The molecule has 7 nitrogen and oxygen atoms in total. The van der Waals surface area contributed by atoms with Crippen LogP contribution in [0, 0.1) is 5.41 Å². The van der Waals surface area contributed by atoms with Gasteiger partial charge in [0.15, 0.2) is 5.13 Å². The summed E-state index contributed by atoms with van der Waals surface area (Å²) in [6.07, 6.45) is 1.54. The molecule has 0 saturated carbocycles. The summed E-state index contributed by atoms with van der Waals surface area (Å²) in [4.78, 5) is 20.3. The molecule has 3 N–H and O–H groups in total. The Morgan fingerprint density at radius 3 is 2.68 bits per heavy atom. The van der Waals surface area contributed by atoms with Crippen LogP contribution >= 0.6 is 11.3 Å². The lowest BCUT2D eigenvalue weighted by Gasteiger charge is -2.29. The number of ether oxygens (including phenoxy) is 1. The highest BCUT2D eigenvalue weighted by molar-refractivity contribution is 7.22. The first kappa shape index (κ1) is 20.0. The zero-order chi connectivity index (χ0) is 20.3. The van der Waals surface area contributed by atoms with Crippen LogP contribution in [0.1, 0.15) is 31.3 Å². The van der Waals surface area contributed by atoms with Gasteiger partial charge >= 0.3 is 0 Å². The molecule has 0 fully saturated rings. The van der Waals surface area contributed by atoms with Gasteiger partial charge in [0.25, 0.3) is 5.91 Å². The van der Waals surface area contributed by atoms with Crippen molar-refractivity contribution in [3.63, 3.8) is 0 Å². The summed E-state index contributed by atoms with van der Waals surface area (Å²) >= 11 is 1.50. The van der Waals surface area contributed by atoms with Crippen molar-refractivity contribution < 1.29 is 14.6 Å². The van der Waals surface area contributed by atoms with Crippen molar-refractivity contribution in [1.82, 2.24) is 15.3 Å². The standard InChI is InChI=1S/C20H24N4O3S/c1-20(2,3)17(11-25)24-19-23-14-6-5-12(10-16(14)28-19)27-13-7-8-22-15(9-13)18(26)21-4/h5-10,17,25H,11H2,1-4H3,(H,21,26)(H,23,24)/t17-/m0/s1. The lowest BCUT2D eigenvalue weighted by atomic mass is 9.87. The highest BCUT2D eigenvalue weighted by Crippen LogP contribution is 2.33. The average molecular weight is 401 g/mol. The second-order valence-corrected chi connectivity index (χ2v) is 8.48. The molecule has 0 bridgehead atoms. The zero-order valence-electron chi connectivity index (χ0n) is 16.3. The largest absolute Gasteiger partial charge is 0.457 e. The molecule has 1 atom stereocenters. The van der Waals surface area contributed by atoms with Gasteiger partial charge in [-0.3, -0.25) is 9.78 Å². The van der Waals surface area contributed by atoms with E-state index in [2.05, 4.69) is 41.4 Å². The Morgan fingerprint density at radius 1 is 1.25 bits per heavy atom. The molecule has 8 heteroatoms. The predicted molar refractivity (Wildman–Crippen MR) is 111 cm³/mol. The molecular weight excluding hydrogens is 376 g/mol. The van der Waals surface area contributed by atoms with Gasteiger partial charge in [-0.15, -0.1) is 0 Å². The first-order chi connectivity index (χ1) is 13.3. The van der Waals surface area contributed by atoms with Gasteiger partial charge in [-0.1, -0.05) is 32.1 Å². The third-order valence-corrected chi connectivity index (χ3v) is 5.26. The molecule has 0 unspecified atom stereocenters. The van der Waals surface area contributed by atoms with Gasteiger partial charge < -0.3 is 20.5 Å². The molecule has 1 amide bonds. The second kappa shape index (κ2) is 8.12. The molecule has 3 rings (SSSR count). The lowest BCUT2D eigenvalue weighted by Crippen LogP contribution is -2.37. The minimum absolute atomic E-state index is 0.0312. The van der Waals surface area contributed by atoms with Crippen LogP contribution in [0.25, 0.3) is 10.2 Å². The number of anilines is 1. The lowest BCUT2D eigenvalue weighted by molar-refractivity contribution is 0.0958. The van der Waals surface area contributed by atoms with Crippen LogP contribution in [0.2, 0.25) is 0 Å². The Labute approximate surface area is 167 Å². The number of hydrogen-bond donors (Lipinski definition) is 3. The number of aromatic nitrogens is 2. The minimum atomic E-state index is -0.267. The number of nitrogens with zero attached hydrogens (tertiary/aromatic N) is 2. The second-order valence-electron chi connectivity index (χ2n) is 7.45. The zero-order valence-corrected chi connectivity index (χ0v) is 17.1. The van der Waals surface area contributed by atoms with Crippen molar-refractivity contribution in [3.05, 3.63) is 42.2 Å². The summed E-state index contributed by atoms with van der Waals surface area (Å²) in [6.45, 7) is 6.25. The van der Waals surface area contributed by atoms with Gasteiger partial charge in [0, 0.05) is 25.4 Å². The van der Waals surface area contributed by atoms with Crippen molar-refractivity contribution in [2.75, 3.05) is 19.0 Å². The Bertz CT molecular complexity index is 981. The molecule has 2 aromatic heterocycles. The van der Waals surface area contributed by atoms with Gasteiger partial charge in [0.2, 0.25) is 0 Å². The van der Waals surface area contributed by atoms with E-state index in [9.17, 15) is 9.90 Å². The number of carbonyl (C=O) groups excluding carboxylic acids is 1. The Morgan fingerprint density at radius 2 is 2.00 bits per heavy atom. The molecule has 0 spiro atoms. The van der Waals surface area contributed by atoms with E-state index in [4.69, 9.17) is 4.74 Å². The highest BCUT2D eigenvalue weighted by atomic mass is 32.1. The number of nitrogens with one attached hydrogen (secondary N) is 2. The van der Waals surface area contributed by atoms with Gasteiger partial charge in [-0.05, 0) is 23.6 Å². The van der Waals surface area contributed by atoms with E-state index >= 15 is 0 Å². The summed E-state index contributed by atoms with van der Waals surface area (Å²) in [7, 11) is 1.56. The number of aliphatic hydroxyl groups excluding tert-OH is 1. The first-order valence-electron chi connectivity index (χ1n) is 8.94. The van der Waals surface area contributed by atoms with Crippen LogP contribution in [0.5, 0.6) is 11.5 Å². The van der Waals surface area contributed by atoms with Crippen LogP contribution in [0.3, 0.4) is 0 Å². The van der Waals surface area contributed by atoms with Gasteiger partial charge in [0.05, 0.1) is 22.9 Å². The van der Waals surface area contributed by atoms with Crippen molar-refractivity contribution in [3.8, 4) is 11.5 Å². The number of amides is 1. The van der Waals surface area contributed by atoms with Gasteiger partial charge in [-0.2, -0.15) is 0 Å². The molecular formula is C20H24N4O3S. The summed E-state index contributed by atoms with van der Waals surface area (Å²) in [6, 6.07) is 8.83. The molecule has 2 heterocycles. The molecule has 28 heavy (non-hydrogen) atoms. The van der Waals surface area contributed by atoms with E-state index in [1.807, 2.05) is 18.2 Å². The van der Waals surface area contributed by atoms with Crippen molar-refractivity contribution in [2.45, 2.75) is 26.8 Å². The fourth-order valence-electron chi connectivity index (χ4n) is 2.58. The van der Waals surface area contributed by atoms with E-state index in [1.165, 1.54) is 17.5 Å². The number of fused-ring (bicyclic) bond motifs is 1. The molecule has 0 aliphatic carbocycles. The summed E-state index contributed by atoms with van der Waals surface area (Å²) in [5.41, 5.74) is 1.05. The number of rotatable bonds is 6. The van der Waals surface area contributed by atoms with Crippen LogP contribution in [0.4, 0.5) is 5.13 Å². The number of hydrogen-bond acceptors (Lipinski definition) is 7. The Kier molecular flexibility index (Phi) is 5.81. The normalized spacial score (nSPS) is 12.6. The molecule has 0 aliphatic heterocycles. The molecule has 3 aromatic rings. The van der Waals surface area contributed by atoms with Crippen molar-refractivity contribution >= 4 is 32.6 Å². The first-order valence-corrected chi connectivity index (χ1v) is 9.76. The van der Waals surface area contributed by atoms with E-state index in [0.29, 0.717) is 17.2 Å². The number of pyridine rings is 1. The van der Waals surface area contributed by atoms with Gasteiger partial charge in [0.1, 0.15) is 17.2 Å². The summed E-state index contributed by atoms with van der Waals surface area (Å²) < 4.78 is 6.85.